The minimum atomic E-state index is -0.833. The zero-order valence-corrected chi connectivity index (χ0v) is 14.4. The number of benzene rings is 2. The molecule has 2 aromatic rings. The maximum atomic E-state index is 12.3. The number of nitriles is 1. The quantitative estimate of drug-likeness (QED) is 0.319. The molecule has 0 spiro atoms. The predicted octanol–water partition coefficient (Wildman–Crippen LogP) is 2.97. The van der Waals surface area contributed by atoms with E-state index in [-0.39, 0.29) is 34.1 Å². The summed E-state index contributed by atoms with van der Waals surface area (Å²) < 4.78 is 5.01. The third kappa shape index (κ3) is 4.58. The van der Waals surface area contributed by atoms with Crippen molar-refractivity contribution >= 4 is 28.7 Å². The minimum Gasteiger partial charge on any atom is -0.494 e. The molecule has 28 heavy (non-hydrogen) atoms. The summed E-state index contributed by atoms with van der Waals surface area (Å²) >= 11 is 0. The fourth-order valence-corrected chi connectivity index (χ4v) is 2.14. The van der Waals surface area contributed by atoms with Gasteiger partial charge in [-0.3, -0.25) is 25.0 Å². The molecule has 2 N–H and O–H groups in total. The number of rotatable bonds is 7. The van der Waals surface area contributed by atoms with E-state index in [1.807, 2.05) is 0 Å². The van der Waals surface area contributed by atoms with Crippen molar-refractivity contribution in [2.24, 2.45) is 0 Å². The fourth-order valence-electron chi connectivity index (χ4n) is 2.14. The number of ether oxygens (including phenoxy) is 1. The Kier molecular flexibility index (Phi) is 6.22. The van der Waals surface area contributed by atoms with Crippen LogP contribution in [0.15, 0.2) is 54.2 Å². The summed E-state index contributed by atoms with van der Waals surface area (Å²) in [6.45, 7) is 0. The van der Waals surface area contributed by atoms with Crippen LogP contribution in [0.5, 0.6) is 5.75 Å². The largest absolute Gasteiger partial charge is 0.494 e. The van der Waals surface area contributed by atoms with Gasteiger partial charge in [0.1, 0.15) is 23.1 Å². The second-order valence-corrected chi connectivity index (χ2v) is 5.18. The van der Waals surface area contributed by atoms with Crippen LogP contribution in [0.25, 0.3) is 0 Å². The van der Waals surface area contributed by atoms with Crippen molar-refractivity contribution in [3.05, 3.63) is 74.5 Å². The predicted molar refractivity (Wildman–Crippen MR) is 98.7 cm³/mol. The number of nitro benzene ring substituents is 2. The lowest BCUT2D eigenvalue weighted by molar-refractivity contribution is -0.384. The molecule has 0 aromatic heterocycles. The standard InChI is InChI=1S/C17H13N5O6/c1-28-16-8-12(21(24)25)6-7-14(16)20-17(23)11(9-18)10-19-13-4-2-3-5-15(13)22(26)27/h2-8,10,19H,1H3,(H,20,23)/b11-10-. The van der Waals surface area contributed by atoms with Crippen molar-refractivity contribution in [2.75, 3.05) is 17.7 Å². The molecule has 0 heterocycles. The van der Waals surface area contributed by atoms with Crippen LogP contribution in [0.3, 0.4) is 0 Å². The molecular weight excluding hydrogens is 370 g/mol. The van der Waals surface area contributed by atoms with Gasteiger partial charge in [-0.25, -0.2) is 0 Å². The number of carbonyl (C=O) groups excluding carboxylic acids is 1. The molecular formula is C17H13N5O6. The van der Waals surface area contributed by atoms with E-state index in [0.717, 1.165) is 12.3 Å². The number of hydrogen-bond donors (Lipinski definition) is 2. The summed E-state index contributed by atoms with van der Waals surface area (Å²) in [4.78, 5) is 32.9. The number of methoxy groups -OCH3 is 1. The van der Waals surface area contributed by atoms with Gasteiger partial charge < -0.3 is 15.4 Å². The number of anilines is 2. The smallest absolute Gasteiger partial charge is 0.292 e. The van der Waals surface area contributed by atoms with Crippen LogP contribution in [-0.4, -0.2) is 22.9 Å². The van der Waals surface area contributed by atoms with E-state index in [0.29, 0.717) is 0 Å². The van der Waals surface area contributed by atoms with Gasteiger partial charge in [-0.1, -0.05) is 12.1 Å². The molecule has 0 unspecified atom stereocenters. The van der Waals surface area contributed by atoms with Crippen molar-refractivity contribution < 1.29 is 19.4 Å². The number of carbonyl (C=O) groups is 1. The summed E-state index contributed by atoms with van der Waals surface area (Å²) in [6, 6.07) is 10.9. The number of nitrogens with zero attached hydrogens (tertiary/aromatic N) is 3. The summed E-state index contributed by atoms with van der Waals surface area (Å²) in [5.41, 5.74) is -0.623. The van der Waals surface area contributed by atoms with Crippen molar-refractivity contribution in [3.8, 4) is 11.8 Å². The fraction of sp³-hybridized carbons (Fsp3) is 0.0588. The van der Waals surface area contributed by atoms with Crippen molar-refractivity contribution in [3.63, 3.8) is 0 Å². The molecule has 0 aliphatic rings. The van der Waals surface area contributed by atoms with E-state index in [4.69, 9.17) is 4.74 Å². The molecule has 2 rings (SSSR count). The Morgan fingerprint density at radius 3 is 2.46 bits per heavy atom. The zero-order valence-electron chi connectivity index (χ0n) is 14.4. The first-order chi connectivity index (χ1) is 13.4. The number of para-hydroxylation sites is 2. The van der Waals surface area contributed by atoms with Gasteiger partial charge in [-0.2, -0.15) is 5.26 Å². The lowest BCUT2D eigenvalue weighted by Crippen LogP contribution is -2.15. The Bertz CT molecular complexity index is 1010. The Morgan fingerprint density at radius 2 is 1.86 bits per heavy atom. The average molecular weight is 383 g/mol. The summed E-state index contributed by atoms with van der Waals surface area (Å²) in [5.74, 6) is -0.799. The molecule has 0 radical (unpaired) electrons. The molecule has 0 saturated heterocycles. The van der Waals surface area contributed by atoms with Crippen LogP contribution in [0, 0.1) is 31.6 Å². The highest BCUT2D eigenvalue weighted by molar-refractivity contribution is 6.07. The molecule has 0 saturated carbocycles. The van der Waals surface area contributed by atoms with Crippen LogP contribution in [0.1, 0.15) is 0 Å². The number of nitrogens with one attached hydrogen (secondary N) is 2. The minimum absolute atomic E-state index is 0.0338. The van der Waals surface area contributed by atoms with Gasteiger partial charge in [0.25, 0.3) is 17.3 Å². The van der Waals surface area contributed by atoms with Crippen LogP contribution in [-0.2, 0) is 4.79 Å². The van der Waals surface area contributed by atoms with Gasteiger partial charge in [0.05, 0.1) is 28.7 Å². The van der Waals surface area contributed by atoms with Crippen molar-refractivity contribution in [1.29, 1.82) is 5.26 Å². The lowest BCUT2D eigenvalue weighted by Gasteiger charge is -2.09. The van der Waals surface area contributed by atoms with Gasteiger partial charge >= 0.3 is 0 Å². The molecule has 0 fully saturated rings. The van der Waals surface area contributed by atoms with Gasteiger partial charge in [-0.05, 0) is 12.1 Å². The Balaban J connectivity index is 2.23. The first-order valence-corrected chi connectivity index (χ1v) is 7.61. The third-order valence-electron chi connectivity index (χ3n) is 3.48. The number of non-ortho nitro benzene ring substituents is 1. The maximum absolute atomic E-state index is 12.3. The maximum Gasteiger partial charge on any atom is 0.292 e. The summed E-state index contributed by atoms with van der Waals surface area (Å²) in [5, 5.41) is 36.0. The van der Waals surface area contributed by atoms with E-state index in [1.165, 1.54) is 37.4 Å². The van der Waals surface area contributed by atoms with Crippen LogP contribution in [0.4, 0.5) is 22.7 Å². The second-order valence-electron chi connectivity index (χ2n) is 5.18. The summed E-state index contributed by atoms with van der Waals surface area (Å²) in [7, 11) is 1.27. The zero-order chi connectivity index (χ0) is 20.7. The molecule has 11 nitrogen and oxygen atoms in total. The molecule has 0 atom stereocenters. The molecule has 1 amide bonds. The number of amides is 1. The van der Waals surface area contributed by atoms with Crippen molar-refractivity contribution in [1.82, 2.24) is 0 Å². The molecule has 0 bridgehead atoms. The van der Waals surface area contributed by atoms with Gasteiger partial charge in [-0.15, -0.1) is 0 Å². The van der Waals surface area contributed by atoms with Gasteiger partial charge in [0, 0.05) is 18.3 Å². The van der Waals surface area contributed by atoms with E-state index < -0.39 is 15.8 Å². The number of nitro groups is 2. The lowest BCUT2D eigenvalue weighted by atomic mass is 10.2. The van der Waals surface area contributed by atoms with Crippen LogP contribution < -0.4 is 15.4 Å². The monoisotopic (exact) mass is 383 g/mol. The Morgan fingerprint density at radius 1 is 1.14 bits per heavy atom. The van der Waals surface area contributed by atoms with Gasteiger partial charge in [0.2, 0.25) is 0 Å². The van der Waals surface area contributed by atoms with Crippen LogP contribution in [0.2, 0.25) is 0 Å². The topological polar surface area (TPSA) is 160 Å². The van der Waals surface area contributed by atoms with E-state index in [1.54, 1.807) is 12.1 Å². The molecule has 0 aliphatic heterocycles. The molecule has 142 valence electrons. The first-order valence-electron chi connectivity index (χ1n) is 7.61. The van der Waals surface area contributed by atoms with E-state index in [2.05, 4.69) is 10.6 Å². The SMILES string of the molecule is COc1cc([N+](=O)[O-])ccc1NC(=O)/C(C#N)=C\Nc1ccccc1[N+](=O)[O-]. The van der Waals surface area contributed by atoms with Crippen LogP contribution >= 0.6 is 0 Å². The normalized spacial score (nSPS) is 10.5. The van der Waals surface area contributed by atoms with Crippen molar-refractivity contribution in [2.45, 2.75) is 0 Å². The summed E-state index contributed by atoms with van der Waals surface area (Å²) in [6.07, 6.45) is 1.02. The third-order valence-corrected chi connectivity index (χ3v) is 3.48. The van der Waals surface area contributed by atoms with E-state index in [9.17, 15) is 30.3 Å². The van der Waals surface area contributed by atoms with E-state index >= 15 is 0 Å². The highest BCUT2D eigenvalue weighted by Gasteiger charge is 2.17. The van der Waals surface area contributed by atoms with Gasteiger partial charge in [0.15, 0.2) is 0 Å². The number of hydrogen-bond acceptors (Lipinski definition) is 8. The first kappa shape index (κ1) is 19.9. The average Bonchev–Trinajstić information content (AvgIpc) is 2.68. The Hall–Kier alpha value is -4.46. The second kappa shape index (κ2) is 8.77. The molecule has 2 aromatic carbocycles. The molecule has 0 aliphatic carbocycles. The highest BCUT2D eigenvalue weighted by Crippen LogP contribution is 2.29. The molecule has 11 heteroatoms. The highest BCUT2D eigenvalue weighted by atomic mass is 16.6. The Labute approximate surface area is 158 Å².